The zero-order valence-corrected chi connectivity index (χ0v) is 8.82. The highest BCUT2D eigenvalue weighted by atomic mass is 15.0. The number of nitrogens with one attached hydrogen (secondary N) is 1. The van der Waals surface area contributed by atoms with E-state index in [-0.39, 0.29) is 0 Å². The molecular weight excluding hydrogens is 146 g/mol. The standard InChI is InChI=1S/C11H23N/c1-4-9-11(2,3)12-10-7-5-6-8-10/h10,12H,4-9H2,1-3H3. The first-order chi connectivity index (χ1) is 5.64. The molecule has 0 bridgehead atoms. The highest BCUT2D eigenvalue weighted by molar-refractivity contribution is 4.84. The van der Waals surface area contributed by atoms with Crippen LogP contribution in [0.5, 0.6) is 0 Å². The fraction of sp³-hybridized carbons (Fsp3) is 1.00. The summed E-state index contributed by atoms with van der Waals surface area (Å²) in [4.78, 5) is 0. The second kappa shape index (κ2) is 4.27. The lowest BCUT2D eigenvalue weighted by Crippen LogP contribution is -2.44. The average molecular weight is 169 g/mol. The largest absolute Gasteiger partial charge is 0.309 e. The molecule has 0 aromatic heterocycles. The molecule has 1 aliphatic carbocycles. The Kier molecular flexibility index (Phi) is 3.57. The van der Waals surface area contributed by atoms with E-state index in [4.69, 9.17) is 0 Å². The zero-order valence-electron chi connectivity index (χ0n) is 8.82. The summed E-state index contributed by atoms with van der Waals surface area (Å²) < 4.78 is 0. The number of hydrogen-bond donors (Lipinski definition) is 1. The molecule has 0 unspecified atom stereocenters. The molecule has 1 rings (SSSR count). The molecular formula is C11H23N. The van der Waals surface area contributed by atoms with Gasteiger partial charge in [-0.25, -0.2) is 0 Å². The van der Waals surface area contributed by atoms with Gasteiger partial charge in [0.05, 0.1) is 0 Å². The van der Waals surface area contributed by atoms with Gasteiger partial charge in [-0.05, 0) is 33.1 Å². The molecule has 1 aliphatic rings. The molecule has 1 nitrogen and oxygen atoms in total. The van der Waals surface area contributed by atoms with E-state index in [1.807, 2.05) is 0 Å². The van der Waals surface area contributed by atoms with Crippen molar-refractivity contribution in [3.8, 4) is 0 Å². The van der Waals surface area contributed by atoms with Crippen molar-refractivity contribution in [1.29, 1.82) is 0 Å². The molecule has 72 valence electrons. The topological polar surface area (TPSA) is 12.0 Å². The predicted molar refractivity (Wildman–Crippen MR) is 54.4 cm³/mol. The van der Waals surface area contributed by atoms with E-state index >= 15 is 0 Å². The Bertz CT molecular complexity index is 123. The Morgan fingerprint density at radius 1 is 1.25 bits per heavy atom. The summed E-state index contributed by atoms with van der Waals surface area (Å²) in [5.74, 6) is 0. The van der Waals surface area contributed by atoms with Crippen LogP contribution in [0.2, 0.25) is 0 Å². The van der Waals surface area contributed by atoms with Crippen LogP contribution in [0.25, 0.3) is 0 Å². The summed E-state index contributed by atoms with van der Waals surface area (Å²) in [7, 11) is 0. The van der Waals surface area contributed by atoms with E-state index in [1.165, 1.54) is 38.5 Å². The molecule has 0 aromatic carbocycles. The third kappa shape index (κ3) is 3.14. The molecule has 1 N–H and O–H groups in total. The van der Waals surface area contributed by atoms with Gasteiger partial charge in [-0.2, -0.15) is 0 Å². The summed E-state index contributed by atoms with van der Waals surface area (Å²) in [5, 5.41) is 3.76. The molecule has 0 heterocycles. The highest BCUT2D eigenvalue weighted by Gasteiger charge is 2.23. The molecule has 12 heavy (non-hydrogen) atoms. The van der Waals surface area contributed by atoms with Crippen molar-refractivity contribution in [3.05, 3.63) is 0 Å². The minimum absolute atomic E-state index is 0.365. The van der Waals surface area contributed by atoms with Gasteiger partial charge < -0.3 is 5.32 Å². The summed E-state index contributed by atoms with van der Waals surface area (Å²) in [5.41, 5.74) is 0.365. The molecule has 1 saturated carbocycles. The van der Waals surface area contributed by atoms with Crippen LogP contribution in [-0.4, -0.2) is 11.6 Å². The molecule has 0 aliphatic heterocycles. The van der Waals surface area contributed by atoms with E-state index < -0.39 is 0 Å². The average Bonchev–Trinajstić information content (AvgIpc) is 2.38. The van der Waals surface area contributed by atoms with Crippen molar-refractivity contribution >= 4 is 0 Å². The highest BCUT2D eigenvalue weighted by Crippen LogP contribution is 2.22. The molecule has 0 saturated heterocycles. The Hall–Kier alpha value is -0.0400. The zero-order chi connectivity index (χ0) is 9.03. The maximum Gasteiger partial charge on any atom is 0.0127 e. The van der Waals surface area contributed by atoms with Crippen molar-refractivity contribution in [2.75, 3.05) is 0 Å². The van der Waals surface area contributed by atoms with Crippen molar-refractivity contribution in [3.63, 3.8) is 0 Å². The quantitative estimate of drug-likeness (QED) is 0.682. The fourth-order valence-electron chi connectivity index (χ4n) is 2.32. The van der Waals surface area contributed by atoms with Crippen LogP contribution >= 0.6 is 0 Å². The van der Waals surface area contributed by atoms with E-state index in [9.17, 15) is 0 Å². The van der Waals surface area contributed by atoms with Crippen LogP contribution in [0.4, 0.5) is 0 Å². The minimum atomic E-state index is 0.365. The van der Waals surface area contributed by atoms with Gasteiger partial charge in [-0.1, -0.05) is 26.2 Å². The van der Waals surface area contributed by atoms with Gasteiger partial charge in [0.2, 0.25) is 0 Å². The van der Waals surface area contributed by atoms with Gasteiger partial charge in [-0.3, -0.25) is 0 Å². The lowest BCUT2D eigenvalue weighted by atomic mass is 9.97. The van der Waals surface area contributed by atoms with Gasteiger partial charge in [0.1, 0.15) is 0 Å². The molecule has 0 amide bonds. The molecule has 1 heteroatoms. The van der Waals surface area contributed by atoms with E-state index in [2.05, 4.69) is 26.1 Å². The molecule has 0 aromatic rings. The summed E-state index contributed by atoms with van der Waals surface area (Å²) in [6, 6.07) is 0.812. The van der Waals surface area contributed by atoms with Crippen LogP contribution in [0.1, 0.15) is 59.3 Å². The Balaban J connectivity index is 2.27. The first-order valence-corrected chi connectivity index (χ1v) is 5.42. The van der Waals surface area contributed by atoms with Crippen LogP contribution in [0.15, 0.2) is 0 Å². The number of hydrogen-bond acceptors (Lipinski definition) is 1. The Labute approximate surface area is 76.9 Å². The van der Waals surface area contributed by atoms with Gasteiger partial charge in [0.25, 0.3) is 0 Å². The first kappa shape index (κ1) is 10.0. The predicted octanol–water partition coefficient (Wildman–Crippen LogP) is 3.10. The first-order valence-electron chi connectivity index (χ1n) is 5.42. The second-order valence-corrected chi connectivity index (χ2v) is 4.76. The summed E-state index contributed by atoms with van der Waals surface area (Å²) in [6.45, 7) is 6.92. The number of rotatable bonds is 4. The molecule has 1 fully saturated rings. The third-order valence-electron chi connectivity index (χ3n) is 2.83. The lowest BCUT2D eigenvalue weighted by molar-refractivity contribution is 0.312. The van der Waals surface area contributed by atoms with Gasteiger partial charge in [0.15, 0.2) is 0 Å². The minimum Gasteiger partial charge on any atom is -0.309 e. The van der Waals surface area contributed by atoms with E-state index in [1.54, 1.807) is 0 Å². The van der Waals surface area contributed by atoms with Crippen molar-refractivity contribution < 1.29 is 0 Å². The summed E-state index contributed by atoms with van der Waals surface area (Å²) >= 11 is 0. The van der Waals surface area contributed by atoms with Gasteiger partial charge in [0, 0.05) is 11.6 Å². The van der Waals surface area contributed by atoms with Gasteiger partial charge in [-0.15, -0.1) is 0 Å². The van der Waals surface area contributed by atoms with Gasteiger partial charge >= 0.3 is 0 Å². The summed E-state index contributed by atoms with van der Waals surface area (Å²) in [6.07, 6.45) is 8.23. The smallest absolute Gasteiger partial charge is 0.0127 e. The molecule has 0 radical (unpaired) electrons. The van der Waals surface area contributed by atoms with E-state index in [0.717, 1.165) is 6.04 Å². The lowest BCUT2D eigenvalue weighted by Gasteiger charge is -2.29. The van der Waals surface area contributed by atoms with Crippen LogP contribution in [0.3, 0.4) is 0 Å². The van der Waals surface area contributed by atoms with E-state index in [0.29, 0.717) is 5.54 Å². The molecule has 0 spiro atoms. The third-order valence-corrected chi connectivity index (χ3v) is 2.83. The SMILES string of the molecule is CCCC(C)(C)NC1CCCC1. The van der Waals surface area contributed by atoms with Crippen molar-refractivity contribution in [2.24, 2.45) is 0 Å². The fourth-order valence-corrected chi connectivity index (χ4v) is 2.32. The van der Waals surface area contributed by atoms with Crippen molar-refractivity contribution in [2.45, 2.75) is 70.9 Å². The molecule has 0 atom stereocenters. The maximum absolute atomic E-state index is 3.76. The maximum atomic E-state index is 3.76. The Morgan fingerprint density at radius 2 is 1.83 bits per heavy atom. The second-order valence-electron chi connectivity index (χ2n) is 4.76. The van der Waals surface area contributed by atoms with Crippen LogP contribution in [0, 0.1) is 0 Å². The van der Waals surface area contributed by atoms with Crippen LogP contribution < -0.4 is 5.32 Å². The van der Waals surface area contributed by atoms with Crippen LogP contribution in [-0.2, 0) is 0 Å². The Morgan fingerprint density at radius 3 is 2.33 bits per heavy atom. The van der Waals surface area contributed by atoms with Crippen molar-refractivity contribution in [1.82, 2.24) is 5.32 Å². The normalized spacial score (nSPS) is 20.2. The monoisotopic (exact) mass is 169 g/mol.